The Morgan fingerprint density at radius 2 is 1.88 bits per heavy atom. The lowest BCUT2D eigenvalue weighted by Crippen LogP contribution is -2.36. The monoisotopic (exact) mass is 488 g/mol. The van der Waals surface area contributed by atoms with E-state index in [-0.39, 0.29) is 35.3 Å². The Morgan fingerprint density at radius 1 is 1.21 bits per heavy atom. The van der Waals surface area contributed by atoms with Crippen molar-refractivity contribution in [3.63, 3.8) is 0 Å². The molecule has 0 spiro atoms. The van der Waals surface area contributed by atoms with E-state index in [2.05, 4.69) is 5.32 Å². The fraction of sp³-hybridized carbons (Fsp3) is 0.333. The molecule has 0 unspecified atom stereocenters. The molecular formula is C24H25FN2O6S. The zero-order valence-corrected chi connectivity index (χ0v) is 19.9. The standard InChI is InChI=1S/C24H25FN2O6S/c1-4-32-21(28)13-27(34(3,30)31)19-12-20-18(11-17(19)14-5-6-14)22(24(29)26-2)23(33-20)15-7-9-16(25)10-8-15/h7-12,14H,4-6,13H2,1-3H3,(H,26,29). The Bertz CT molecular complexity index is 1360. The number of benzene rings is 2. The van der Waals surface area contributed by atoms with Crippen molar-refractivity contribution in [2.24, 2.45) is 0 Å². The summed E-state index contributed by atoms with van der Waals surface area (Å²) < 4.78 is 50.9. The first kappa shape index (κ1) is 23.7. The molecule has 180 valence electrons. The van der Waals surface area contributed by atoms with Crippen molar-refractivity contribution < 1.29 is 31.6 Å². The van der Waals surface area contributed by atoms with Gasteiger partial charge >= 0.3 is 5.97 Å². The van der Waals surface area contributed by atoms with E-state index in [1.54, 1.807) is 19.1 Å². The predicted molar refractivity (Wildman–Crippen MR) is 126 cm³/mol. The third-order valence-electron chi connectivity index (χ3n) is 5.66. The molecule has 4 rings (SSSR count). The van der Waals surface area contributed by atoms with Crippen molar-refractivity contribution >= 4 is 38.6 Å². The predicted octanol–water partition coefficient (Wildman–Crippen LogP) is 3.81. The lowest BCUT2D eigenvalue weighted by molar-refractivity contribution is -0.141. The summed E-state index contributed by atoms with van der Waals surface area (Å²) in [4.78, 5) is 25.0. The van der Waals surface area contributed by atoms with Gasteiger partial charge in [0.15, 0.2) is 0 Å². The smallest absolute Gasteiger partial charge is 0.326 e. The van der Waals surface area contributed by atoms with Gasteiger partial charge in [0.1, 0.15) is 23.7 Å². The molecule has 0 aliphatic heterocycles. The van der Waals surface area contributed by atoms with E-state index in [0.29, 0.717) is 22.2 Å². The Balaban J connectivity index is 1.95. The molecule has 8 nitrogen and oxygen atoms in total. The van der Waals surface area contributed by atoms with Crippen LogP contribution >= 0.6 is 0 Å². The van der Waals surface area contributed by atoms with Gasteiger partial charge < -0.3 is 14.5 Å². The molecule has 10 heteroatoms. The molecule has 1 aliphatic rings. The number of halogens is 1. The highest BCUT2D eigenvalue weighted by atomic mass is 32.2. The van der Waals surface area contributed by atoms with Crippen LogP contribution < -0.4 is 9.62 Å². The van der Waals surface area contributed by atoms with Gasteiger partial charge in [0.25, 0.3) is 5.91 Å². The van der Waals surface area contributed by atoms with Crippen LogP contribution in [0.15, 0.2) is 40.8 Å². The van der Waals surface area contributed by atoms with Gasteiger partial charge in [-0.2, -0.15) is 0 Å². The largest absolute Gasteiger partial charge is 0.465 e. The van der Waals surface area contributed by atoms with E-state index in [1.807, 2.05) is 0 Å². The van der Waals surface area contributed by atoms with Crippen LogP contribution in [0.3, 0.4) is 0 Å². The van der Waals surface area contributed by atoms with E-state index in [0.717, 1.165) is 23.4 Å². The number of nitrogens with one attached hydrogen (secondary N) is 1. The van der Waals surface area contributed by atoms with E-state index in [1.165, 1.54) is 31.3 Å². The van der Waals surface area contributed by atoms with Crippen molar-refractivity contribution in [2.75, 3.05) is 30.8 Å². The molecular weight excluding hydrogens is 463 g/mol. The quantitative estimate of drug-likeness (QED) is 0.484. The molecule has 0 radical (unpaired) electrons. The number of carbonyl (C=O) groups is 2. The van der Waals surface area contributed by atoms with Gasteiger partial charge in [0, 0.05) is 24.1 Å². The molecule has 1 heterocycles. The molecule has 1 N–H and O–H groups in total. The third kappa shape index (κ3) is 4.63. The Kier molecular flexibility index (Phi) is 6.35. The highest BCUT2D eigenvalue weighted by Gasteiger charge is 2.34. The summed E-state index contributed by atoms with van der Waals surface area (Å²) in [5, 5.41) is 3.11. The van der Waals surface area contributed by atoms with Crippen LogP contribution in [0.4, 0.5) is 10.1 Å². The fourth-order valence-electron chi connectivity index (χ4n) is 3.95. The van der Waals surface area contributed by atoms with Crippen LogP contribution in [0.2, 0.25) is 0 Å². The topological polar surface area (TPSA) is 106 Å². The number of rotatable bonds is 8. The number of sulfonamides is 1. The highest BCUT2D eigenvalue weighted by Crippen LogP contribution is 2.48. The molecule has 3 aromatic rings. The zero-order chi connectivity index (χ0) is 24.6. The summed E-state index contributed by atoms with van der Waals surface area (Å²) in [6, 6.07) is 8.84. The summed E-state index contributed by atoms with van der Waals surface area (Å²) in [5.74, 6) is -1.16. The normalized spacial score (nSPS) is 13.6. The second-order valence-corrected chi connectivity index (χ2v) is 10.1. The molecule has 1 amide bonds. The van der Waals surface area contributed by atoms with Gasteiger partial charge in [-0.05, 0) is 61.6 Å². The Morgan fingerprint density at radius 3 is 2.44 bits per heavy atom. The number of amides is 1. The minimum Gasteiger partial charge on any atom is -0.465 e. The van der Waals surface area contributed by atoms with Crippen molar-refractivity contribution in [3.05, 3.63) is 53.3 Å². The van der Waals surface area contributed by atoms with E-state index < -0.39 is 28.4 Å². The summed E-state index contributed by atoms with van der Waals surface area (Å²) >= 11 is 0. The first-order valence-electron chi connectivity index (χ1n) is 10.9. The van der Waals surface area contributed by atoms with Gasteiger partial charge in [-0.3, -0.25) is 13.9 Å². The number of anilines is 1. The van der Waals surface area contributed by atoms with Crippen molar-refractivity contribution in [1.29, 1.82) is 0 Å². The third-order valence-corrected chi connectivity index (χ3v) is 6.79. The van der Waals surface area contributed by atoms with E-state index >= 15 is 0 Å². The number of carbonyl (C=O) groups excluding carboxylic acids is 2. The van der Waals surface area contributed by atoms with Gasteiger partial charge in [0.2, 0.25) is 10.0 Å². The zero-order valence-electron chi connectivity index (χ0n) is 19.1. The molecule has 2 aromatic carbocycles. The number of fused-ring (bicyclic) bond motifs is 1. The number of furan rings is 1. The highest BCUT2D eigenvalue weighted by molar-refractivity contribution is 7.92. The molecule has 1 saturated carbocycles. The number of ether oxygens (including phenoxy) is 1. The maximum absolute atomic E-state index is 13.5. The second kappa shape index (κ2) is 9.09. The molecule has 0 saturated heterocycles. The minimum absolute atomic E-state index is 0.0903. The molecule has 1 aliphatic carbocycles. The van der Waals surface area contributed by atoms with Crippen molar-refractivity contribution in [1.82, 2.24) is 5.32 Å². The average Bonchev–Trinajstić information content (AvgIpc) is 3.56. The Hall–Kier alpha value is -3.40. The van der Waals surface area contributed by atoms with Gasteiger partial charge in [0.05, 0.1) is 24.1 Å². The summed E-state index contributed by atoms with van der Waals surface area (Å²) in [6.07, 6.45) is 2.73. The maximum Gasteiger partial charge on any atom is 0.326 e. The molecule has 0 atom stereocenters. The number of esters is 1. The van der Waals surface area contributed by atoms with Gasteiger partial charge in [-0.15, -0.1) is 0 Å². The van der Waals surface area contributed by atoms with Crippen LogP contribution in [-0.4, -0.2) is 46.7 Å². The first-order chi connectivity index (χ1) is 16.1. The van der Waals surface area contributed by atoms with Crippen LogP contribution in [-0.2, 0) is 19.6 Å². The SMILES string of the molecule is CCOC(=O)CN(c1cc2oc(-c3ccc(F)cc3)c(C(=O)NC)c2cc1C1CC1)S(C)(=O)=O. The lowest BCUT2D eigenvalue weighted by Gasteiger charge is -2.24. The Labute approximate surface area is 196 Å². The second-order valence-electron chi connectivity index (χ2n) is 8.15. The van der Waals surface area contributed by atoms with E-state index in [9.17, 15) is 22.4 Å². The number of hydrogen-bond donors (Lipinski definition) is 1. The van der Waals surface area contributed by atoms with Gasteiger partial charge in [-0.25, -0.2) is 12.8 Å². The van der Waals surface area contributed by atoms with E-state index in [4.69, 9.17) is 9.15 Å². The molecule has 1 aromatic heterocycles. The van der Waals surface area contributed by atoms with Crippen LogP contribution in [0.1, 0.15) is 41.6 Å². The summed E-state index contributed by atoms with van der Waals surface area (Å²) in [5.41, 5.74) is 2.06. The van der Waals surface area contributed by atoms with Crippen LogP contribution in [0, 0.1) is 5.82 Å². The molecule has 1 fully saturated rings. The number of nitrogens with zero attached hydrogens (tertiary/aromatic N) is 1. The van der Waals surface area contributed by atoms with Crippen LogP contribution in [0.5, 0.6) is 0 Å². The summed E-state index contributed by atoms with van der Waals surface area (Å²) in [6.45, 7) is 1.29. The molecule has 0 bridgehead atoms. The first-order valence-corrected chi connectivity index (χ1v) is 12.7. The lowest BCUT2D eigenvalue weighted by atomic mass is 10.0. The fourth-order valence-corrected chi connectivity index (χ4v) is 4.80. The van der Waals surface area contributed by atoms with Crippen molar-refractivity contribution in [2.45, 2.75) is 25.7 Å². The van der Waals surface area contributed by atoms with Crippen LogP contribution in [0.25, 0.3) is 22.3 Å². The number of hydrogen-bond acceptors (Lipinski definition) is 6. The molecule has 34 heavy (non-hydrogen) atoms. The minimum atomic E-state index is -3.84. The summed E-state index contributed by atoms with van der Waals surface area (Å²) in [7, 11) is -2.34. The average molecular weight is 489 g/mol. The van der Waals surface area contributed by atoms with Crippen molar-refractivity contribution in [3.8, 4) is 11.3 Å². The maximum atomic E-state index is 13.5. The van der Waals surface area contributed by atoms with Gasteiger partial charge in [-0.1, -0.05) is 0 Å².